The molecule has 1 saturated heterocycles. The van der Waals surface area contributed by atoms with E-state index in [1.807, 2.05) is 0 Å². The van der Waals surface area contributed by atoms with Crippen molar-refractivity contribution in [2.24, 2.45) is 17.8 Å². The van der Waals surface area contributed by atoms with Gasteiger partial charge in [-0.05, 0) is 24.7 Å². The van der Waals surface area contributed by atoms with Crippen LogP contribution in [0.3, 0.4) is 0 Å². The Kier molecular flexibility index (Phi) is 7.36. The number of hydrogen-bond donors (Lipinski definition) is 3. The van der Waals surface area contributed by atoms with E-state index in [9.17, 15) is 9.59 Å². The Hall–Kier alpha value is -1.30. The maximum Gasteiger partial charge on any atom is 0.314 e. The Morgan fingerprint density at radius 3 is 2.65 bits per heavy atom. The van der Waals surface area contributed by atoms with Gasteiger partial charge in [-0.2, -0.15) is 0 Å². The lowest BCUT2D eigenvalue weighted by Gasteiger charge is -2.18. The van der Waals surface area contributed by atoms with Crippen molar-refractivity contribution in [2.75, 3.05) is 26.3 Å². The number of hydrogen-bond acceptors (Lipinski definition) is 3. The van der Waals surface area contributed by atoms with Crippen molar-refractivity contribution < 1.29 is 19.4 Å². The number of ether oxygens (including phenoxy) is 1. The van der Waals surface area contributed by atoms with Gasteiger partial charge < -0.3 is 20.5 Å². The summed E-state index contributed by atoms with van der Waals surface area (Å²) in [6.45, 7) is 6.58. The largest absolute Gasteiger partial charge is 0.481 e. The fourth-order valence-electron chi connectivity index (χ4n) is 2.43. The summed E-state index contributed by atoms with van der Waals surface area (Å²) in [4.78, 5) is 22.5. The summed E-state index contributed by atoms with van der Waals surface area (Å²) >= 11 is 0. The van der Waals surface area contributed by atoms with Gasteiger partial charge in [-0.15, -0.1) is 0 Å². The van der Waals surface area contributed by atoms with Crippen molar-refractivity contribution in [1.29, 1.82) is 0 Å². The minimum absolute atomic E-state index is 0.0203. The minimum atomic E-state index is -0.819. The summed E-state index contributed by atoms with van der Waals surface area (Å²) in [6, 6.07) is -0.226. The van der Waals surface area contributed by atoms with Crippen molar-refractivity contribution in [1.82, 2.24) is 10.6 Å². The first kappa shape index (κ1) is 16.8. The third-order valence-corrected chi connectivity index (χ3v) is 3.39. The third kappa shape index (κ3) is 7.33. The number of urea groups is 1. The first-order valence-corrected chi connectivity index (χ1v) is 7.28. The number of amides is 2. The maximum atomic E-state index is 11.7. The molecule has 1 aliphatic heterocycles. The van der Waals surface area contributed by atoms with Gasteiger partial charge in [-0.1, -0.05) is 13.8 Å². The highest BCUT2D eigenvalue weighted by Gasteiger charge is 2.18. The molecule has 0 radical (unpaired) electrons. The Morgan fingerprint density at radius 1 is 1.35 bits per heavy atom. The van der Waals surface area contributed by atoms with Gasteiger partial charge in [0.25, 0.3) is 0 Å². The summed E-state index contributed by atoms with van der Waals surface area (Å²) in [7, 11) is 0. The van der Waals surface area contributed by atoms with Gasteiger partial charge in [-0.25, -0.2) is 4.79 Å². The highest BCUT2D eigenvalue weighted by molar-refractivity contribution is 5.74. The molecule has 20 heavy (non-hydrogen) atoms. The summed E-state index contributed by atoms with van der Waals surface area (Å²) in [5, 5.41) is 14.4. The van der Waals surface area contributed by atoms with Crippen LogP contribution in [0.5, 0.6) is 0 Å². The number of carbonyl (C=O) groups excluding carboxylic acids is 1. The molecule has 6 nitrogen and oxygen atoms in total. The molecule has 0 aromatic rings. The summed E-state index contributed by atoms with van der Waals surface area (Å²) in [6.07, 6.45) is 1.87. The lowest BCUT2D eigenvalue weighted by atomic mass is 9.94. The van der Waals surface area contributed by atoms with Gasteiger partial charge in [0.05, 0.1) is 6.61 Å². The number of carbonyl (C=O) groups is 2. The van der Waals surface area contributed by atoms with Gasteiger partial charge in [0.1, 0.15) is 0 Å². The zero-order valence-electron chi connectivity index (χ0n) is 12.4. The Bertz CT molecular complexity index is 314. The van der Waals surface area contributed by atoms with Crippen molar-refractivity contribution in [3.63, 3.8) is 0 Å². The maximum absolute atomic E-state index is 11.7. The average Bonchev–Trinajstić information content (AvgIpc) is 2.85. The molecule has 0 aliphatic carbocycles. The molecule has 1 heterocycles. The summed E-state index contributed by atoms with van der Waals surface area (Å²) < 4.78 is 5.24. The lowest BCUT2D eigenvalue weighted by molar-refractivity contribution is -0.138. The second-order valence-corrected chi connectivity index (χ2v) is 5.91. The average molecular weight is 286 g/mol. The third-order valence-electron chi connectivity index (χ3n) is 3.39. The van der Waals surface area contributed by atoms with E-state index in [1.165, 1.54) is 0 Å². The minimum Gasteiger partial charge on any atom is -0.481 e. The van der Waals surface area contributed by atoms with E-state index in [2.05, 4.69) is 24.5 Å². The fraction of sp³-hybridized carbons (Fsp3) is 0.857. The SMILES string of the molecule is CC(C)C[C@H](CNC(=O)NCC1CCOC1)CC(=O)O. The molecular weight excluding hydrogens is 260 g/mol. The van der Waals surface area contributed by atoms with Crippen molar-refractivity contribution in [3.8, 4) is 0 Å². The van der Waals surface area contributed by atoms with Crippen molar-refractivity contribution in [2.45, 2.75) is 33.1 Å². The molecule has 0 spiro atoms. The first-order valence-electron chi connectivity index (χ1n) is 7.28. The van der Waals surface area contributed by atoms with Crippen LogP contribution in [-0.2, 0) is 9.53 Å². The van der Waals surface area contributed by atoms with E-state index in [0.717, 1.165) is 19.4 Å². The van der Waals surface area contributed by atoms with Gasteiger partial charge >= 0.3 is 12.0 Å². The molecule has 2 atom stereocenters. The zero-order chi connectivity index (χ0) is 15.0. The molecule has 0 saturated carbocycles. The van der Waals surface area contributed by atoms with Crippen LogP contribution in [-0.4, -0.2) is 43.4 Å². The van der Waals surface area contributed by atoms with Gasteiger partial charge in [0.2, 0.25) is 0 Å². The standard InChI is InChI=1S/C14H26N2O4/c1-10(2)5-12(6-13(17)18)8-16-14(19)15-7-11-3-4-20-9-11/h10-12H,3-9H2,1-2H3,(H,17,18)(H2,15,16,19)/t11?,12-/m0/s1. The van der Waals surface area contributed by atoms with Crippen LogP contribution in [0.4, 0.5) is 4.79 Å². The van der Waals surface area contributed by atoms with Crippen LogP contribution < -0.4 is 10.6 Å². The van der Waals surface area contributed by atoms with E-state index in [-0.39, 0.29) is 18.4 Å². The number of carboxylic acid groups (broad SMARTS) is 1. The van der Waals surface area contributed by atoms with Gasteiger partial charge in [-0.3, -0.25) is 4.79 Å². The van der Waals surface area contributed by atoms with Crippen LogP contribution in [0, 0.1) is 17.8 Å². The van der Waals surface area contributed by atoms with Crippen LogP contribution >= 0.6 is 0 Å². The quantitative estimate of drug-likeness (QED) is 0.630. The highest BCUT2D eigenvalue weighted by atomic mass is 16.5. The number of rotatable bonds is 8. The van der Waals surface area contributed by atoms with E-state index in [1.54, 1.807) is 0 Å². The van der Waals surface area contributed by atoms with Crippen LogP contribution in [0.2, 0.25) is 0 Å². The number of aliphatic carboxylic acids is 1. The van der Waals surface area contributed by atoms with Crippen molar-refractivity contribution in [3.05, 3.63) is 0 Å². The molecular formula is C14H26N2O4. The predicted molar refractivity (Wildman–Crippen MR) is 75.5 cm³/mol. The van der Waals surface area contributed by atoms with Gasteiger partial charge in [0, 0.05) is 32.0 Å². The smallest absolute Gasteiger partial charge is 0.314 e. The Labute approximate surface area is 120 Å². The molecule has 1 fully saturated rings. The molecule has 1 aliphatic rings. The van der Waals surface area contributed by atoms with Gasteiger partial charge in [0.15, 0.2) is 0 Å². The first-order chi connectivity index (χ1) is 9.47. The summed E-state index contributed by atoms with van der Waals surface area (Å²) in [5.74, 6) is -0.0277. The van der Waals surface area contributed by atoms with Crippen LogP contribution in [0.1, 0.15) is 33.1 Å². The second kappa shape index (κ2) is 8.79. The Balaban J connectivity index is 2.22. The molecule has 3 N–H and O–H groups in total. The molecule has 6 heteroatoms. The predicted octanol–water partition coefficient (Wildman–Crippen LogP) is 1.46. The molecule has 116 valence electrons. The number of nitrogens with one attached hydrogen (secondary N) is 2. The highest BCUT2D eigenvalue weighted by Crippen LogP contribution is 2.14. The fourth-order valence-corrected chi connectivity index (χ4v) is 2.43. The van der Waals surface area contributed by atoms with E-state index < -0.39 is 5.97 Å². The van der Waals surface area contributed by atoms with E-state index in [0.29, 0.717) is 31.5 Å². The lowest BCUT2D eigenvalue weighted by Crippen LogP contribution is -2.41. The Morgan fingerprint density at radius 2 is 2.10 bits per heavy atom. The molecule has 0 aromatic carbocycles. The monoisotopic (exact) mass is 286 g/mol. The molecule has 0 aromatic heterocycles. The number of carboxylic acids is 1. The summed E-state index contributed by atoms with van der Waals surface area (Å²) in [5.41, 5.74) is 0. The zero-order valence-corrected chi connectivity index (χ0v) is 12.4. The topological polar surface area (TPSA) is 87.7 Å². The molecule has 1 rings (SSSR count). The van der Waals surface area contributed by atoms with Crippen molar-refractivity contribution >= 4 is 12.0 Å². The normalized spacial score (nSPS) is 19.9. The van der Waals surface area contributed by atoms with Crippen LogP contribution in [0.25, 0.3) is 0 Å². The second-order valence-electron chi connectivity index (χ2n) is 5.91. The molecule has 0 bridgehead atoms. The van der Waals surface area contributed by atoms with E-state index >= 15 is 0 Å². The molecule has 1 unspecified atom stereocenters. The molecule has 2 amide bonds. The van der Waals surface area contributed by atoms with Crippen LogP contribution in [0.15, 0.2) is 0 Å². The van der Waals surface area contributed by atoms with E-state index in [4.69, 9.17) is 9.84 Å².